The molecule has 2 N–H and O–H groups in total. The summed E-state index contributed by atoms with van der Waals surface area (Å²) in [7, 11) is 0. The average Bonchev–Trinajstić information content (AvgIpc) is 3.02. The van der Waals surface area contributed by atoms with Crippen LogP contribution in [0.4, 0.5) is 5.95 Å². The first-order valence-corrected chi connectivity index (χ1v) is 5.44. The highest BCUT2D eigenvalue weighted by Gasteiger charge is 2.44. The van der Waals surface area contributed by atoms with Crippen LogP contribution in [0.15, 0.2) is 30.3 Å². The molecule has 1 aliphatic carbocycles. The van der Waals surface area contributed by atoms with E-state index in [0.29, 0.717) is 5.92 Å². The molecule has 1 amide bonds. The normalized spacial score (nSPS) is 22.1. The summed E-state index contributed by atoms with van der Waals surface area (Å²) in [6.07, 6.45) is 0.883. The zero-order chi connectivity index (χ0) is 11.7. The molecular formula is C11H11N5O. The van der Waals surface area contributed by atoms with Crippen LogP contribution in [0.5, 0.6) is 0 Å². The molecule has 1 aliphatic rings. The summed E-state index contributed by atoms with van der Waals surface area (Å²) in [5.41, 5.74) is 1.21. The van der Waals surface area contributed by atoms with Crippen LogP contribution in [-0.4, -0.2) is 26.5 Å². The lowest BCUT2D eigenvalue weighted by Gasteiger charge is -2.00. The van der Waals surface area contributed by atoms with Gasteiger partial charge in [0.2, 0.25) is 5.91 Å². The maximum absolute atomic E-state index is 11.8. The van der Waals surface area contributed by atoms with Crippen LogP contribution in [0.2, 0.25) is 0 Å². The molecule has 0 spiro atoms. The predicted octanol–water partition coefficient (Wildman–Crippen LogP) is 0.942. The Morgan fingerprint density at radius 1 is 1.35 bits per heavy atom. The van der Waals surface area contributed by atoms with Crippen LogP contribution < -0.4 is 5.32 Å². The Morgan fingerprint density at radius 3 is 2.88 bits per heavy atom. The fourth-order valence-corrected chi connectivity index (χ4v) is 1.97. The van der Waals surface area contributed by atoms with Gasteiger partial charge < -0.3 is 0 Å². The Labute approximate surface area is 97.4 Å². The number of aromatic amines is 1. The van der Waals surface area contributed by atoms with Crippen molar-refractivity contribution in [2.75, 3.05) is 5.32 Å². The number of carbonyl (C=O) groups is 1. The molecule has 0 aliphatic heterocycles. The zero-order valence-corrected chi connectivity index (χ0v) is 9.00. The molecule has 1 aromatic carbocycles. The number of H-pyrrole nitrogens is 1. The maximum Gasteiger partial charge on any atom is 0.269 e. The summed E-state index contributed by atoms with van der Waals surface area (Å²) in [4.78, 5) is 11.8. The van der Waals surface area contributed by atoms with Gasteiger partial charge in [-0.05, 0) is 23.1 Å². The second kappa shape index (κ2) is 3.97. The molecule has 0 bridgehead atoms. The average molecular weight is 229 g/mol. The van der Waals surface area contributed by atoms with Gasteiger partial charge in [0.05, 0.1) is 0 Å². The van der Waals surface area contributed by atoms with Crippen molar-refractivity contribution >= 4 is 11.9 Å². The van der Waals surface area contributed by atoms with Crippen molar-refractivity contribution in [3.05, 3.63) is 35.9 Å². The second-order valence-electron chi connectivity index (χ2n) is 4.08. The van der Waals surface area contributed by atoms with Crippen LogP contribution in [0, 0.1) is 5.92 Å². The first kappa shape index (κ1) is 9.95. The highest BCUT2D eigenvalue weighted by molar-refractivity contribution is 5.93. The first-order valence-electron chi connectivity index (χ1n) is 5.44. The Kier molecular flexibility index (Phi) is 2.32. The summed E-state index contributed by atoms with van der Waals surface area (Å²) in [5.74, 6) is 0.535. The molecule has 17 heavy (non-hydrogen) atoms. The number of aromatic nitrogens is 4. The standard InChI is InChI=1S/C11H11N5O/c17-10(12-11-13-15-16-14-11)9-6-8(9)7-4-2-1-3-5-7/h1-5,8-9H,6H2,(H2,12,13,14,15,16,17)/t8-,9-/m1/s1. The molecule has 3 rings (SSSR count). The summed E-state index contributed by atoms with van der Waals surface area (Å²) < 4.78 is 0. The zero-order valence-electron chi connectivity index (χ0n) is 9.00. The minimum atomic E-state index is -0.0414. The van der Waals surface area contributed by atoms with Crippen molar-refractivity contribution < 1.29 is 4.79 Å². The molecule has 2 atom stereocenters. The third kappa shape index (κ3) is 2.01. The third-order valence-corrected chi connectivity index (χ3v) is 2.94. The monoisotopic (exact) mass is 229 g/mol. The van der Waals surface area contributed by atoms with E-state index in [1.807, 2.05) is 30.3 Å². The molecular weight excluding hydrogens is 218 g/mol. The van der Waals surface area contributed by atoms with Crippen molar-refractivity contribution in [1.82, 2.24) is 20.6 Å². The highest BCUT2D eigenvalue weighted by Crippen LogP contribution is 2.47. The number of nitrogens with zero attached hydrogens (tertiary/aromatic N) is 3. The van der Waals surface area contributed by atoms with Gasteiger partial charge in [0.15, 0.2) is 0 Å². The Balaban J connectivity index is 1.63. The van der Waals surface area contributed by atoms with E-state index in [0.717, 1.165) is 6.42 Å². The van der Waals surface area contributed by atoms with Crippen LogP contribution in [0.1, 0.15) is 17.9 Å². The van der Waals surface area contributed by atoms with Gasteiger partial charge in [-0.3, -0.25) is 10.1 Å². The SMILES string of the molecule is O=C(Nc1nn[nH]n1)[C@@H]1C[C@@H]1c1ccccc1. The number of amides is 1. The number of carbonyl (C=O) groups excluding carboxylic acids is 1. The molecule has 86 valence electrons. The molecule has 2 aromatic rings. The summed E-state index contributed by atoms with van der Waals surface area (Å²) in [5, 5.41) is 15.7. The number of benzene rings is 1. The molecule has 1 heterocycles. The smallest absolute Gasteiger partial charge is 0.269 e. The van der Waals surface area contributed by atoms with E-state index in [-0.39, 0.29) is 17.8 Å². The van der Waals surface area contributed by atoms with Crippen LogP contribution in [-0.2, 0) is 4.79 Å². The number of hydrogen-bond donors (Lipinski definition) is 2. The number of anilines is 1. The van der Waals surface area contributed by atoms with Gasteiger partial charge in [-0.15, -0.1) is 5.10 Å². The van der Waals surface area contributed by atoms with E-state index >= 15 is 0 Å². The van der Waals surface area contributed by atoms with Gasteiger partial charge in [-0.1, -0.05) is 35.4 Å². The topological polar surface area (TPSA) is 83.6 Å². The summed E-state index contributed by atoms with van der Waals surface area (Å²) in [6, 6.07) is 10.0. The highest BCUT2D eigenvalue weighted by atomic mass is 16.2. The molecule has 0 saturated heterocycles. The fourth-order valence-electron chi connectivity index (χ4n) is 1.97. The number of hydrogen-bond acceptors (Lipinski definition) is 4. The molecule has 6 nitrogen and oxygen atoms in total. The van der Waals surface area contributed by atoms with Gasteiger partial charge >= 0.3 is 0 Å². The van der Waals surface area contributed by atoms with E-state index in [4.69, 9.17) is 0 Å². The van der Waals surface area contributed by atoms with E-state index in [2.05, 4.69) is 25.9 Å². The number of rotatable bonds is 3. The van der Waals surface area contributed by atoms with Crippen molar-refractivity contribution in [1.29, 1.82) is 0 Å². The lowest BCUT2D eigenvalue weighted by Crippen LogP contribution is -2.15. The van der Waals surface area contributed by atoms with Gasteiger partial charge in [-0.2, -0.15) is 5.21 Å². The van der Waals surface area contributed by atoms with Crippen LogP contribution >= 0.6 is 0 Å². The minimum absolute atomic E-state index is 0.0240. The Morgan fingerprint density at radius 2 is 2.18 bits per heavy atom. The van der Waals surface area contributed by atoms with Crippen LogP contribution in [0.25, 0.3) is 0 Å². The molecule has 1 aromatic heterocycles. The Bertz CT molecular complexity index is 510. The van der Waals surface area contributed by atoms with Crippen molar-refractivity contribution in [3.8, 4) is 0 Å². The lowest BCUT2D eigenvalue weighted by molar-refractivity contribution is -0.117. The van der Waals surface area contributed by atoms with Crippen LogP contribution in [0.3, 0.4) is 0 Å². The molecule has 0 unspecified atom stereocenters. The Hall–Kier alpha value is -2.24. The lowest BCUT2D eigenvalue weighted by atomic mass is 10.1. The van der Waals surface area contributed by atoms with Gasteiger partial charge in [0.25, 0.3) is 5.95 Å². The summed E-state index contributed by atoms with van der Waals surface area (Å²) in [6.45, 7) is 0. The molecule has 0 radical (unpaired) electrons. The van der Waals surface area contributed by atoms with Gasteiger partial charge in [0.1, 0.15) is 0 Å². The number of nitrogens with one attached hydrogen (secondary N) is 2. The van der Waals surface area contributed by atoms with Gasteiger partial charge in [-0.25, -0.2) is 0 Å². The quantitative estimate of drug-likeness (QED) is 0.820. The van der Waals surface area contributed by atoms with Crippen molar-refractivity contribution in [2.45, 2.75) is 12.3 Å². The largest absolute Gasteiger partial charge is 0.292 e. The van der Waals surface area contributed by atoms with Crippen molar-refractivity contribution in [3.63, 3.8) is 0 Å². The van der Waals surface area contributed by atoms with E-state index in [1.54, 1.807) is 0 Å². The second-order valence-corrected chi connectivity index (χ2v) is 4.08. The van der Waals surface area contributed by atoms with Crippen molar-refractivity contribution in [2.24, 2.45) is 5.92 Å². The first-order chi connectivity index (χ1) is 8.34. The fraction of sp³-hybridized carbons (Fsp3) is 0.273. The summed E-state index contributed by atoms with van der Waals surface area (Å²) >= 11 is 0. The number of tetrazole rings is 1. The molecule has 6 heteroatoms. The maximum atomic E-state index is 11.8. The van der Waals surface area contributed by atoms with E-state index in [1.165, 1.54) is 5.56 Å². The van der Waals surface area contributed by atoms with E-state index < -0.39 is 0 Å². The molecule has 1 fully saturated rings. The molecule has 1 saturated carbocycles. The van der Waals surface area contributed by atoms with E-state index in [9.17, 15) is 4.79 Å². The third-order valence-electron chi connectivity index (χ3n) is 2.94. The predicted molar refractivity (Wildman–Crippen MR) is 60.1 cm³/mol. The minimum Gasteiger partial charge on any atom is -0.292 e. The van der Waals surface area contributed by atoms with Gasteiger partial charge in [0, 0.05) is 5.92 Å².